The fourth-order valence-electron chi connectivity index (χ4n) is 2.09. The van der Waals surface area contributed by atoms with Crippen LogP contribution in [0, 0.1) is 0 Å². The molecule has 1 heterocycles. The Bertz CT molecular complexity index is 471. The van der Waals surface area contributed by atoms with Crippen LogP contribution in [-0.2, 0) is 24.3 Å². The lowest BCUT2D eigenvalue weighted by molar-refractivity contribution is -0.148. The molecule has 8 nitrogen and oxygen atoms in total. The van der Waals surface area contributed by atoms with E-state index in [4.69, 9.17) is 5.73 Å². The summed E-state index contributed by atoms with van der Waals surface area (Å²) in [5.74, 6) is -1.29. The number of nitrogens with two attached hydrogens (primary N) is 1. The van der Waals surface area contributed by atoms with E-state index in [9.17, 15) is 18.0 Å². The number of piperidine rings is 1. The highest BCUT2D eigenvalue weighted by molar-refractivity contribution is 7.89. The lowest BCUT2D eigenvalue weighted by atomic mass is 10.1. The summed E-state index contributed by atoms with van der Waals surface area (Å²) in [6.07, 6.45) is 1.00. The molecule has 1 aliphatic heterocycles. The maximum atomic E-state index is 11.8. The van der Waals surface area contributed by atoms with Gasteiger partial charge in [0.25, 0.3) is 0 Å². The second-order valence-corrected chi connectivity index (χ2v) is 7.07. The average Bonchev–Trinajstić information content (AvgIpc) is 2.47. The number of sulfonamides is 1. The first-order valence-electron chi connectivity index (χ1n) is 7.02. The third-order valence-electron chi connectivity index (χ3n) is 3.38. The van der Waals surface area contributed by atoms with E-state index in [0.29, 0.717) is 25.9 Å². The molecule has 1 saturated heterocycles. The van der Waals surface area contributed by atoms with Crippen molar-refractivity contribution in [1.29, 1.82) is 0 Å². The Morgan fingerprint density at radius 3 is 2.38 bits per heavy atom. The molecule has 0 aromatic rings. The van der Waals surface area contributed by atoms with Crippen molar-refractivity contribution in [2.45, 2.75) is 38.8 Å². The zero-order valence-electron chi connectivity index (χ0n) is 12.4. The van der Waals surface area contributed by atoms with Crippen molar-refractivity contribution < 1.29 is 22.7 Å². The zero-order valence-corrected chi connectivity index (χ0v) is 13.2. The molecule has 0 bridgehead atoms. The summed E-state index contributed by atoms with van der Waals surface area (Å²) in [5.41, 5.74) is 5.49. The maximum absolute atomic E-state index is 11.8. The first-order valence-corrected chi connectivity index (χ1v) is 8.63. The zero-order chi connectivity index (χ0) is 16.0. The highest BCUT2D eigenvalue weighted by Crippen LogP contribution is 2.14. The second kappa shape index (κ2) is 7.71. The number of rotatable bonds is 6. The summed E-state index contributed by atoms with van der Waals surface area (Å²) >= 11 is 0. The summed E-state index contributed by atoms with van der Waals surface area (Å²) in [5, 5.41) is 2.66. The van der Waals surface area contributed by atoms with Crippen LogP contribution in [-0.4, -0.2) is 62.1 Å². The van der Waals surface area contributed by atoms with Gasteiger partial charge < -0.3 is 15.8 Å². The third kappa shape index (κ3) is 4.94. The van der Waals surface area contributed by atoms with Crippen molar-refractivity contribution in [3.8, 4) is 0 Å². The molecule has 1 amide bonds. The van der Waals surface area contributed by atoms with Crippen LogP contribution in [0.15, 0.2) is 0 Å². The number of esters is 1. The lowest BCUT2D eigenvalue weighted by Crippen LogP contribution is -2.53. The molecule has 0 radical (unpaired) electrons. The van der Waals surface area contributed by atoms with Crippen molar-refractivity contribution in [2.24, 2.45) is 5.73 Å². The van der Waals surface area contributed by atoms with Gasteiger partial charge in [0.15, 0.2) is 6.04 Å². The second-order valence-electron chi connectivity index (χ2n) is 4.81. The fraction of sp³-hybridized carbons (Fsp3) is 0.833. The van der Waals surface area contributed by atoms with Gasteiger partial charge in [0.05, 0.1) is 12.4 Å². The van der Waals surface area contributed by atoms with E-state index < -0.39 is 27.9 Å². The quantitative estimate of drug-likeness (QED) is 0.469. The number of hydrogen-bond donors (Lipinski definition) is 2. The Morgan fingerprint density at radius 2 is 1.90 bits per heavy atom. The fourth-order valence-corrected chi connectivity index (χ4v) is 3.22. The van der Waals surface area contributed by atoms with Crippen LogP contribution in [0.25, 0.3) is 0 Å². The molecule has 1 fully saturated rings. The van der Waals surface area contributed by atoms with E-state index >= 15 is 0 Å². The van der Waals surface area contributed by atoms with Gasteiger partial charge in [-0.15, -0.1) is 0 Å². The maximum Gasteiger partial charge on any atom is 0.332 e. The Kier molecular flexibility index (Phi) is 6.56. The molecule has 0 aliphatic carbocycles. The van der Waals surface area contributed by atoms with Crippen LogP contribution < -0.4 is 11.1 Å². The molecule has 0 spiro atoms. The summed E-state index contributed by atoms with van der Waals surface area (Å²) in [6, 6.07) is -1.52. The van der Waals surface area contributed by atoms with Crippen LogP contribution in [0.3, 0.4) is 0 Å². The van der Waals surface area contributed by atoms with Gasteiger partial charge in [-0.1, -0.05) is 0 Å². The minimum atomic E-state index is -3.19. The predicted molar refractivity (Wildman–Crippen MR) is 76.8 cm³/mol. The van der Waals surface area contributed by atoms with E-state index in [0.717, 1.165) is 0 Å². The number of carbonyl (C=O) groups excluding carboxylic acids is 2. The van der Waals surface area contributed by atoms with Gasteiger partial charge in [-0.2, -0.15) is 0 Å². The lowest BCUT2D eigenvalue weighted by Gasteiger charge is -2.31. The largest absolute Gasteiger partial charge is 0.464 e. The first-order chi connectivity index (χ1) is 9.81. The predicted octanol–water partition coefficient (Wildman–Crippen LogP) is -1.19. The minimum Gasteiger partial charge on any atom is -0.464 e. The first kappa shape index (κ1) is 17.9. The number of nitrogens with zero attached hydrogens (tertiary/aromatic N) is 1. The summed E-state index contributed by atoms with van der Waals surface area (Å²) < 4.78 is 29.5. The number of hydrogen-bond acceptors (Lipinski definition) is 6. The van der Waals surface area contributed by atoms with E-state index in [-0.39, 0.29) is 18.4 Å². The topological polar surface area (TPSA) is 119 Å². The standard InChI is InChI=1S/C12H23N3O5S/c1-3-20-12(17)10(13)11(16)14-9-5-7-15(8-6-9)21(18,19)4-2/h9-10H,3-8,13H2,1-2H3,(H,14,16). The van der Waals surface area contributed by atoms with Crippen molar-refractivity contribution in [3.63, 3.8) is 0 Å². The van der Waals surface area contributed by atoms with Crippen molar-refractivity contribution in [3.05, 3.63) is 0 Å². The van der Waals surface area contributed by atoms with E-state index in [2.05, 4.69) is 10.1 Å². The molecular formula is C12H23N3O5S. The molecule has 122 valence electrons. The van der Waals surface area contributed by atoms with Crippen LogP contribution in [0.4, 0.5) is 0 Å². The van der Waals surface area contributed by atoms with Crippen LogP contribution in [0.1, 0.15) is 26.7 Å². The van der Waals surface area contributed by atoms with Crippen molar-refractivity contribution in [1.82, 2.24) is 9.62 Å². The van der Waals surface area contributed by atoms with Crippen molar-refractivity contribution in [2.75, 3.05) is 25.4 Å². The molecule has 1 atom stereocenters. The molecule has 1 rings (SSSR count). The Balaban J connectivity index is 2.46. The summed E-state index contributed by atoms with van der Waals surface area (Å²) in [7, 11) is -3.19. The number of carbonyl (C=O) groups is 2. The molecule has 1 aliphatic rings. The molecule has 3 N–H and O–H groups in total. The van der Waals surface area contributed by atoms with Gasteiger partial charge >= 0.3 is 5.97 Å². The van der Waals surface area contributed by atoms with Gasteiger partial charge in [0.2, 0.25) is 15.9 Å². The van der Waals surface area contributed by atoms with E-state index in [1.54, 1.807) is 13.8 Å². The van der Waals surface area contributed by atoms with Gasteiger partial charge in [0, 0.05) is 19.1 Å². The average molecular weight is 321 g/mol. The number of nitrogens with one attached hydrogen (secondary N) is 1. The number of amides is 1. The Labute approximate surface area is 125 Å². The van der Waals surface area contributed by atoms with Crippen molar-refractivity contribution >= 4 is 21.9 Å². The van der Waals surface area contributed by atoms with Crippen LogP contribution in [0.5, 0.6) is 0 Å². The molecule has 1 unspecified atom stereocenters. The smallest absolute Gasteiger partial charge is 0.332 e. The normalized spacial score (nSPS) is 19.0. The van der Waals surface area contributed by atoms with Crippen LogP contribution in [0.2, 0.25) is 0 Å². The van der Waals surface area contributed by atoms with Gasteiger partial charge in [-0.05, 0) is 26.7 Å². The molecule has 21 heavy (non-hydrogen) atoms. The number of ether oxygens (including phenoxy) is 1. The van der Waals surface area contributed by atoms with Crippen LogP contribution >= 0.6 is 0 Å². The summed E-state index contributed by atoms with van der Waals surface area (Å²) in [4.78, 5) is 23.1. The van der Waals surface area contributed by atoms with Gasteiger partial charge in [-0.3, -0.25) is 4.79 Å². The third-order valence-corrected chi connectivity index (χ3v) is 5.26. The Hall–Kier alpha value is -1.19. The molecule has 0 aromatic heterocycles. The van der Waals surface area contributed by atoms with E-state index in [1.807, 2.05) is 0 Å². The summed E-state index contributed by atoms with van der Waals surface area (Å²) in [6.45, 7) is 4.10. The highest BCUT2D eigenvalue weighted by atomic mass is 32.2. The van der Waals surface area contributed by atoms with E-state index in [1.165, 1.54) is 4.31 Å². The Morgan fingerprint density at radius 1 is 1.33 bits per heavy atom. The SMILES string of the molecule is CCOC(=O)C(N)C(=O)NC1CCN(S(=O)(=O)CC)CC1. The minimum absolute atomic E-state index is 0.0672. The molecular weight excluding hydrogens is 298 g/mol. The molecule has 0 saturated carbocycles. The molecule has 0 aromatic carbocycles. The highest BCUT2D eigenvalue weighted by Gasteiger charge is 2.30. The van der Waals surface area contributed by atoms with Gasteiger partial charge in [-0.25, -0.2) is 17.5 Å². The van der Waals surface area contributed by atoms with Gasteiger partial charge in [0.1, 0.15) is 0 Å². The monoisotopic (exact) mass is 321 g/mol. The molecule has 9 heteroatoms.